The van der Waals surface area contributed by atoms with Crippen molar-refractivity contribution < 1.29 is 13.5 Å². The Balaban J connectivity index is 1.51. The summed E-state index contributed by atoms with van der Waals surface area (Å²) in [4.78, 5) is 6.44. The van der Waals surface area contributed by atoms with Gasteiger partial charge in [-0.05, 0) is 50.0 Å². The molecule has 2 atom stereocenters. The highest BCUT2D eigenvalue weighted by atomic mass is 19.1. The molecular weight excluding hydrogens is 390 g/mol. The van der Waals surface area contributed by atoms with E-state index in [0.29, 0.717) is 49.2 Å². The van der Waals surface area contributed by atoms with Gasteiger partial charge in [-0.1, -0.05) is 6.07 Å². The lowest BCUT2D eigenvalue weighted by atomic mass is 9.79. The first-order valence-electron chi connectivity index (χ1n) is 10.0. The fourth-order valence-corrected chi connectivity index (χ4v) is 4.14. The van der Waals surface area contributed by atoms with Gasteiger partial charge in [0.1, 0.15) is 17.5 Å². The third kappa shape index (κ3) is 4.02. The number of nitrogens with zero attached hydrogens (tertiary/aromatic N) is 3. The van der Waals surface area contributed by atoms with Gasteiger partial charge in [0, 0.05) is 24.7 Å². The van der Waals surface area contributed by atoms with Crippen molar-refractivity contribution in [1.82, 2.24) is 15.2 Å². The molecule has 0 amide bonds. The van der Waals surface area contributed by atoms with E-state index >= 15 is 0 Å². The van der Waals surface area contributed by atoms with Crippen LogP contribution in [0.15, 0.2) is 29.8 Å². The largest absolute Gasteiger partial charge is 0.374 e. The SMILES string of the molecule is Cc1n[nH]c(N2CCO[C@@H](C3CCC/C(=C/C(=N)c4c(F)cccc4F)C3=N)C2)n1. The molecule has 2 heterocycles. The maximum Gasteiger partial charge on any atom is 0.221 e. The molecule has 2 aromatic rings. The third-order valence-electron chi connectivity index (χ3n) is 5.66. The number of rotatable bonds is 4. The van der Waals surface area contributed by atoms with Crippen molar-refractivity contribution in [1.29, 1.82) is 10.8 Å². The van der Waals surface area contributed by atoms with Crippen molar-refractivity contribution >= 4 is 17.4 Å². The van der Waals surface area contributed by atoms with Crippen molar-refractivity contribution in [2.45, 2.75) is 32.3 Å². The van der Waals surface area contributed by atoms with Gasteiger partial charge >= 0.3 is 0 Å². The lowest BCUT2D eigenvalue weighted by Gasteiger charge is -2.39. The number of allylic oxidation sites excluding steroid dienone is 2. The van der Waals surface area contributed by atoms with Gasteiger partial charge < -0.3 is 20.5 Å². The van der Waals surface area contributed by atoms with E-state index in [1.54, 1.807) is 0 Å². The molecule has 1 saturated heterocycles. The number of morpholine rings is 1. The summed E-state index contributed by atoms with van der Waals surface area (Å²) in [5.41, 5.74) is 0.397. The van der Waals surface area contributed by atoms with E-state index in [4.69, 9.17) is 15.6 Å². The first-order chi connectivity index (χ1) is 14.4. The lowest BCUT2D eigenvalue weighted by molar-refractivity contribution is 0.0151. The van der Waals surface area contributed by atoms with Crippen molar-refractivity contribution in [2.24, 2.45) is 5.92 Å². The summed E-state index contributed by atoms with van der Waals surface area (Å²) in [5, 5.41) is 23.9. The second kappa shape index (κ2) is 8.43. The number of ether oxygens (including phenoxy) is 1. The van der Waals surface area contributed by atoms with Gasteiger partial charge in [0.2, 0.25) is 5.95 Å². The maximum absolute atomic E-state index is 14.0. The molecule has 1 aromatic heterocycles. The van der Waals surface area contributed by atoms with Crippen LogP contribution >= 0.6 is 0 Å². The molecule has 2 fully saturated rings. The lowest BCUT2D eigenvalue weighted by Crippen LogP contribution is -2.48. The Morgan fingerprint density at radius 1 is 1.33 bits per heavy atom. The van der Waals surface area contributed by atoms with Gasteiger partial charge in [-0.3, -0.25) is 0 Å². The van der Waals surface area contributed by atoms with Crippen LogP contribution < -0.4 is 4.90 Å². The van der Waals surface area contributed by atoms with Gasteiger partial charge in [-0.15, -0.1) is 0 Å². The fourth-order valence-electron chi connectivity index (χ4n) is 4.14. The summed E-state index contributed by atoms with van der Waals surface area (Å²) in [6.45, 7) is 3.60. The van der Waals surface area contributed by atoms with E-state index in [0.717, 1.165) is 25.0 Å². The van der Waals surface area contributed by atoms with Crippen LogP contribution in [-0.4, -0.2) is 52.4 Å². The van der Waals surface area contributed by atoms with Crippen LogP contribution in [0.2, 0.25) is 0 Å². The first-order valence-corrected chi connectivity index (χ1v) is 10.0. The molecule has 1 aromatic carbocycles. The molecule has 0 bridgehead atoms. The second-order valence-electron chi connectivity index (χ2n) is 7.65. The molecule has 1 unspecified atom stereocenters. The number of halogens is 2. The predicted octanol–water partition coefficient (Wildman–Crippen LogP) is 3.41. The number of anilines is 1. The fraction of sp³-hybridized carbons (Fsp3) is 0.429. The van der Waals surface area contributed by atoms with Crippen LogP contribution in [0, 0.1) is 35.3 Å². The number of hydrogen-bond donors (Lipinski definition) is 3. The van der Waals surface area contributed by atoms with E-state index in [1.807, 2.05) is 6.92 Å². The van der Waals surface area contributed by atoms with Crippen molar-refractivity contribution in [2.75, 3.05) is 24.6 Å². The monoisotopic (exact) mass is 414 g/mol. The molecule has 3 N–H and O–H groups in total. The summed E-state index contributed by atoms with van der Waals surface area (Å²) in [6.07, 6.45) is 3.46. The van der Waals surface area contributed by atoms with Crippen LogP contribution in [0.25, 0.3) is 0 Å². The number of hydrogen-bond acceptors (Lipinski definition) is 6. The highest BCUT2D eigenvalue weighted by molar-refractivity contribution is 6.13. The van der Waals surface area contributed by atoms with Gasteiger partial charge in [0.15, 0.2) is 0 Å². The number of aryl methyl sites for hydroxylation is 1. The molecule has 1 aliphatic carbocycles. The topological polar surface area (TPSA) is 102 Å². The quantitative estimate of drug-likeness (QED) is 0.667. The second-order valence-corrected chi connectivity index (χ2v) is 7.65. The predicted molar refractivity (Wildman–Crippen MR) is 109 cm³/mol. The third-order valence-corrected chi connectivity index (χ3v) is 5.66. The molecule has 158 valence electrons. The smallest absolute Gasteiger partial charge is 0.221 e. The standard InChI is InChI=1S/C21H24F2N6O/c1-12-26-21(28-27-12)29-8-9-30-18(11-29)14-5-2-4-13(20(14)25)10-17(24)19-15(22)6-3-7-16(19)23/h3,6-7,10,14,18,24-25H,2,4-5,8-9,11H2,1H3,(H,26,27,28)/b13-10-,24-17?,25-20?/t14?,18-/m1/s1. The summed E-state index contributed by atoms with van der Waals surface area (Å²) in [6, 6.07) is 3.54. The van der Waals surface area contributed by atoms with E-state index in [2.05, 4.69) is 20.1 Å². The van der Waals surface area contributed by atoms with E-state index < -0.39 is 11.6 Å². The van der Waals surface area contributed by atoms with Gasteiger partial charge in [0.25, 0.3) is 0 Å². The van der Waals surface area contributed by atoms with Crippen molar-refractivity contribution in [3.63, 3.8) is 0 Å². The zero-order valence-corrected chi connectivity index (χ0v) is 16.7. The maximum atomic E-state index is 14.0. The Hall–Kier alpha value is -2.94. The minimum Gasteiger partial charge on any atom is -0.374 e. The van der Waals surface area contributed by atoms with E-state index in [-0.39, 0.29) is 23.3 Å². The summed E-state index contributed by atoms with van der Waals surface area (Å²) in [7, 11) is 0. The molecular formula is C21H24F2N6O. The summed E-state index contributed by atoms with van der Waals surface area (Å²) < 4.78 is 34.0. The Labute approximate surface area is 173 Å². The molecule has 1 aliphatic heterocycles. The van der Waals surface area contributed by atoms with Crippen LogP contribution in [0.5, 0.6) is 0 Å². The van der Waals surface area contributed by atoms with E-state index in [9.17, 15) is 8.78 Å². The number of nitrogens with one attached hydrogen (secondary N) is 3. The Bertz CT molecular complexity index is 981. The molecule has 1 saturated carbocycles. The average molecular weight is 414 g/mol. The molecule has 4 rings (SSSR count). The average Bonchev–Trinajstić information content (AvgIpc) is 3.16. The highest BCUT2D eigenvalue weighted by Crippen LogP contribution is 2.31. The zero-order chi connectivity index (χ0) is 21.3. The summed E-state index contributed by atoms with van der Waals surface area (Å²) >= 11 is 0. The van der Waals surface area contributed by atoms with Gasteiger partial charge in [-0.2, -0.15) is 10.1 Å². The molecule has 0 radical (unpaired) electrons. The van der Waals surface area contributed by atoms with E-state index in [1.165, 1.54) is 12.1 Å². The number of aromatic amines is 1. The van der Waals surface area contributed by atoms with Gasteiger partial charge in [0.05, 0.1) is 24.0 Å². The zero-order valence-electron chi connectivity index (χ0n) is 16.7. The Kier molecular flexibility index (Phi) is 5.72. The highest BCUT2D eigenvalue weighted by Gasteiger charge is 2.35. The number of benzene rings is 1. The molecule has 0 spiro atoms. The van der Waals surface area contributed by atoms with Crippen molar-refractivity contribution in [3.05, 3.63) is 52.9 Å². The molecule has 30 heavy (non-hydrogen) atoms. The van der Waals surface area contributed by atoms with Crippen LogP contribution in [-0.2, 0) is 4.74 Å². The Morgan fingerprint density at radius 2 is 2.10 bits per heavy atom. The van der Waals surface area contributed by atoms with Crippen LogP contribution in [0.3, 0.4) is 0 Å². The number of aromatic nitrogens is 3. The minimum atomic E-state index is -0.774. The molecule has 2 aliphatic rings. The summed E-state index contributed by atoms with van der Waals surface area (Å²) in [5.74, 6) is -0.331. The number of H-pyrrole nitrogens is 1. The van der Waals surface area contributed by atoms with Crippen molar-refractivity contribution in [3.8, 4) is 0 Å². The minimum absolute atomic E-state index is 0.143. The molecule has 7 nitrogen and oxygen atoms in total. The van der Waals surface area contributed by atoms with Gasteiger partial charge in [-0.25, -0.2) is 13.9 Å². The molecule has 9 heteroatoms. The van der Waals surface area contributed by atoms with Crippen LogP contribution in [0.1, 0.15) is 30.7 Å². The Morgan fingerprint density at radius 3 is 2.80 bits per heavy atom. The normalized spacial score (nSPS) is 23.8. The van der Waals surface area contributed by atoms with Crippen LogP contribution in [0.4, 0.5) is 14.7 Å². The first kappa shape index (κ1) is 20.3.